The van der Waals surface area contributed by atoms with Gasteiger partial charge in [0.15, 0.2) is 0 Å². The summed E-state index contributed by atoms with van der Waals surface area (Å²) in [5.41, 5.74) is 0.293. The average molecular weight is 140 g/mol. The highest BCUT2D eigenvalue weighted by Crippen LogP contribution is 1.81. The van der Waals surface area contributed by atoms with Crippen molar-refractivity contribution in [2.24, 2.45) is 0 Å². The van der Waals surface area contributed by atoms with Crippen LogP contribution in [0.4, 0.5) is 0 Å². The first kappa shape index (κ1) is 7.30. The van der Waals surface area contributed by atoms with Gasteiger partial charge in [-0.25, -0.2) is 0 Å². The quantitative estimate of drug-likeness (QED) is 0.495. The topological polar surface area (TPSA) is 58.3 Å². The molecule has 0 aliphatic rings. The molecule has 1 aromatic heterocycles. The summed E-state index contributed by atoms with van der Waals surface area (Å²) in [5.74, 6) is 0. The summed E-state index contributed by atoms with van der Waals surface area (Å²) in [6, 6.07) is 1.58. The van der Waals surface area contributed by atoms with E-state index in [2.05, 4.69) is 5.10 Å². The molecule has 0 aromatic carbocycles. The zero-order valence-electron chi connectivity index (χ0n) is 5.73. The summed E-state index contributed by atoms with van der Waals surface area (Å²) in [5, 5.41) is 21.1. The Balaban J connectivity index is 2.78. The lowest BCUT2D eigenvalue weighted by Crippen LogP contribution is -2.31. The minimum absolute atomic E-state index is 0.293. The number of rotatable bonds is 2. The van der Waals surface area contributed by atoms with Crippen molar-refractivity contribution in [3.05, 3.63) is 12.3 Å². The molecule has 54 valence electrons. The lowest BCUT2D eigenvalue weighted by molar-refractivity contribution is 0.423. The van der Waals surface area contributed by atoms with Crippen molar-refractivity contribution in [2.45, 2.75) is 13.5 Å². The van der Waals surface area contributed by atoms with Crippen LogP contribution in [-0.2, 0) is 6.54 Å². The van der Waals surface area contributed by atoms with E-state index in [1.807, 2.05) is 6.92 Å². The molecule has 0 spiro atoms. The zero-order chi connectivity index (χ0) is 7.56. The Morgan fingerprint density at radius 2 is 2.40 bits per heavy atom. The molecular formula is C5H9BN2O2. The molecule has 0 amide bonds. The van der Waals surface area contributed by atoms with Crippen LogP contribution in [0.15, 0.2) is 12.3 Å². The van der Waals surface area contributed by atoms with E-state index in [1.54, 1.807) is 16.9 Å². The first-order chi connectivity index (χ1) is 4.74. The van der Waals surface area contributed by atoms with E-state index < -0.39 is 7.12 Å². The lowest BCUT2D eigenvalue weighted by Gasteiger charge is -1.92. The van der Waals surface area contributed by atoms with E-state index in [0.29, 0.717) is 5.59 Å². The first-order valence-electron chi connectivity index (χ1n) is 3.13. The molecule has 0 aliphatic heterocycles. The van der Waals surface area contributed by atoms with Gasteiger partial charge in [0.1, 0.15) is 0 Å². The molecule has 0 fully saturated rings. The van der Waals surface area contributed by atoms with Gasteiger partial charge in [-0.3, -0.25) is 4.68 Å². The Hall–Kier alpha value is -0.805. The van der Waals surface area contributed by atoms with Crippen molar-refractivity contribution in [2.75, 3.05) is 0 Å². The molecule has 1 aromatic rings. The highest BCUT2D eigenvalue weighted by molar-refractivity contribution is 6.57. The van der Waals surface area contributed by atoms with Crippen LogP contribution in [0.2, 0.25) is 0 Å². The molecule has 5 heteroatoms. The molecule has 1 rings (SSSR count). The van der Waals surface area contributed by atoms with Gasteiger partial charge in [-0.2, -0.15) is 5.10 Å². The van der Waals surface area contributed by atoms with Gasteiger partial charge in [-0.05, 0) is 13.0 Å². The SMILES string of the molecule is CCn1ccc(B(O)O)n1. The van der Waals surface area contributed by atoms with Gasteiger partial charge >= 0.3 is 7.12 Å². The van der Waals surface area contributed by atoms with Gasteiger partial charge in [0.25, 0.3) is 0 Å². The molecule has 0 saturated heterocycles. The van der Waals surface area contributed by atoms with Crippen LogP contribution in [0.25, 0.3) is 0 Å². The Bertz CT molecular complexity index is 211. The molecule has 0 atom stereocenters. The molecule has 0 saturated carbocycles. The van der Waals surface area contributed by atoms with Crippen LogP contribution in [0.3, 0.4) is 0 Å². The van der Waals surface area contributed by atoms with E-state index in [1.165, 1.54) is 0 Å². The third kappa shape index (κ3) is 1.37. The van der Waals surface area contributed by atoms with Crippen molar-refractivity contribution in [3.8, 4) is 0 Å². The Labute approximate surface area is 59.2 Å². The third-order valence-corrected chi connectivity index (χ3v) is 1.25. The van der Waals surface area contributed by atoms with Crippen LogP contribution < -0.4 is 5.59 Å². The molecule has 2 N–H and O–H groups in total. The molecule has 4 nitrogen and oxygen atoms in total. The van der Waals surface area contributed by atoms with Gasteiger partial charge in [0.2, 0.25) is 0 Å². The molecule has 0 unspecified atom stereocenters. The third-order valence-electron chi connectivity index (χ3n) is 1.25. The van der Waals surface area contributed by atoms with E-state index in [0.717, 1.165) is 6.54 Å². The summed E-state index contributed by atoms with van der Waals surface area (Å²) in [7, 11) is -1.45. The minimum Gasteiger partial charge on any atom is -0.422 e. The Morgan fingerprint density at radius 3 is 2.70 bits per heavy atom. The van der Waals surface area contributed by atoms with Gasteiger partial charge in [-0.1, -0.05) is 0 Å². The van der Waals surface area contributed by atoms with Crippen molar-refractivity contribution in [3.63, 3.8) is 0 Å². The van der Waals surface area contributed by atoms with Crippen LogP contribution in [0.1, 0.15) is 6.92 Å². The fraction of sp³-hybridized carbons (Fsp3) is 0.400. The molecule has 0 bridgehead atoms. The van der Waals surface area contributed by atoms with E-state index in [-0.39, 0.29) is 0 Å². The molecule has 1 heterocycles. The van der Waals surface area contributed by atoms with Crippen molar-refractivity contribution < 1.29 is 10.0 Å². The summed E-state index contributed by atoms with van der Waals surface area (Å²) in [6.07, 6.45) is 1.70. The Morgan fingerprint density at radius 1 is 1.70 bits per heavy atom. The average Bonchev–Trinajstić information content (AvgIpc) is 2.34. The molecule has 10 heavy (non-hydrogen) atoms. The summed E-state index contributed by atoms with van der Waals surface area (Å²) < 4.78 is 1.63. The summed E-state index contributed by atoms with van der Waals surface area (Å²) in [6.45, 7) is 2.67. The highest BCUT2D eigenvalue weighted by atomic mass is 16.4. The maximum atomic E-state index is 8.61. The second-order valence-corrected chi connectivity index (χ2v) is 1.97. The second kappa shape index (κ2) is 2.85. The molecular weight excluding hydrogens is 131 g/mol. The largest absolute Gasteiger partial charge is 0.510 e. The van der Waals surface area contributed by atoms with Gasteiger partial charge in [0.05, 0.1) is 5.59 Å². The van der Waals surface area contributed by atoms with Gasteiger partial charge < -0.3 is 10.0 Å². The molecule has 0 aliphatic carbocycles. The van der Waals surface area contributed by atoms with Crippen molar-refractivity contribution >= 4 is 12.7 Å². The molecule has 0 radical (unpaired) electrons. The van der Waals surface area contributed by atoms with Gasteiger partial charge in [0, 0.05) is 12.7 Å². The second-order valence-electron chi connectivity index (χ2n) is 1.97. The maximum Gasteiger partial charge on any atom is 0.510 e. The number of hydrogen-bond acceptors (Lipinski definition) is 3. The Kier molecular flexibility index (Phi) is 2.08. The zero-order valence-corrected chi connectivity index (χ0v) is 5.73. The fourth-order valence-corrected chi connectivity index (χ4v) is 0.691. The van der Waals surface area contributed by atoms with Crippen molar-refractivity contribution in [1.82, 2.24) is 9.78 Å². The highest BCUT2D eigenvalue weighted by Gasteiger charge is 2.13. The number of hydrogen-bond donors (Lipinski definition) is 2. The van der Waals surface area contributed by atoms with Crippen LogP contribution in [0.5, 0.6) is 0 Å². The van der Waals surface area contributed by atoms with E-state index in [4.69, 9.17) is 10.0 Å². The number of nitrogens with zero attached hydrogens (tertiary/aromatic N) is 2. The van der Waals surface area contributed by atoms with E-state index >= 15 is 0 Å². The van der Waals surface area contributed by atoms with E-state index in [9.17, 15) is 0 Å². The normalized spacial score (nSPS) is 9.90. The van der Waals surface area contributed by atoms with Crippen LogP contribution >= 0.6 is 0 Å². The number of aryl methyl sites for hydroxylation is 1. The lowest BCUT2D eigenvalue weighted by atomic mass is 9.87. The maximum absolute atomic E-state index is 8.61. The van der Waals surface area contributed by atoms with Gasteiger partial charge in [-0.15, -0.1) is 0 Å². The van der Waals surface area contributed by atoms with Crippen LogP contribution in [-0.4, -0.2) is 26.9 Å². The number of aromatic nitrogens is 2. The summed E-state index contributed by atoms with van der Waals surface area (Å²) >= 11 is 0. The fourth-order valence-electron chi connectivity index (χ4n) is 0.691. The standard InChI is InChI=1S/C5H9BN2O2/c1-2-8-4-3-5(7-8)6(9)10/h3-4,9-10H,2H2,1H3. The van der Waals surface area contributed by atoms with Crippen LogP contribution in [0, 0.1) is 0 Å². The summed E-state index contributed by atoms with van der Waals surface area (Å²) in [4.78, 5) is 0. The first-order valence-corrected chi connectivity index (χ1v) is 3.13. The smallest absolute Gasteiger partial charge is 0.422 e. The minimum atomic E-state index is -1.45. The van der Waals surface area contributed by atoms with Crippen molar-refractivity contribution in [1.29, 1.82) is 0 Å². The monoisotopic (exact) mass is 140 g/mol. The predicted molar refractivity (Wildman–Crippen MR) is 37.7 cm³/mol. The predicted octanol–water partition coefficient (Wildman–Crippen LogP) is -1.42.